The fourth-order valence-electron chi connectivity index (χ4n) is 4.51. The van der Waals surface area contributed by atoms with Crippen LogP contribution in [0.5, 0.6) is 0 Å². The molecular formula is C21H22ClNO. The van der Waals surface area contributed by atoms with E-state index >= 15 is 0 Å². The van der Waals surface area contributed by atoms with E-state index in [0.717, 1.165) is 23.6 Å². The Hall–Kier alpha value is -1.80. The van der Waals surface area contributed by atoms with Crippen molar-refractivity contribution >= 4 is 17.5 Å². The lowest BCUT2D eigenvalue weighted by Gasteiger charge is -2.41. The van der Waals surface area contributed by atoms with Crippen LogP contribution in [0.4, 0.5) is 0 Å². The maximum atomic E-state index is 13.3. The van der Waals surface area contributed by atoms with E-state index < -0.39 is 0 Å². The molecule has 0 radical (unpaired) electrons. The lowest BCUT2D eigenvalue weighted by molar-refractivity contribution is -0.129. The van der Waals surface area contributed by atoms with Gasteiger partial charge in [-0.2, -0.15) is 0 Å². The topological polar surface area (TPSA) is 20.3 Å². The minimum atomic E-state index is -0.0707. The summed E-state index contributed by atoms with van der Waals surface area (Å²) in [6, 6.07) is 16.3. The Labute approximate surface area is 148 Å². The fourth-order valence-corrected chi connectivity index (χ4v) is 4.77. The third-order valence-electron chi connectivity index (χ3n) is 6.07. The number of carbonyl (C=O) groups is 1. The van der Waals surface area contributed by atoms with E-state index in [4.69, 9.17) is 11.6 Å². The molecule has 1 aliphatic heterocycles. The van der Waals surface area contributed by atoms with Crippen molar-refractivity contribution in [2.75, 3.05) is 6.54 Å². The predicted octanol–water partition coefficient (Wildman–Crippen LogP) is 4.66. The van der Waals surface area contributed by atoms with E-state index in [1.165, 1.54) is 11.1 Å². The molecule has 1 unspecified atom stereocenters. The molecule has 0 N–H and O–H groups in total. The SMILES string of the molecule is C[C@H]1Cc2c(Cl)cccc2C2C(=O)N(Cc3ccccc3)C[C@@]21C. The Morgan fingerprint density at radius 2 is 1.92 bits per heavy atom. The van der Waals surface area contributed by atoms with Gasteiger partial charge >= 0.3 is 0 Å². The Balaban J connectivity index is 1.73. The minimum absolute atomic E-state index is 0.0243. The maximum absolute atomic E-state index is 13.3. The number of benzene rings is 2. The number of hydrogen-bond acceptors (Lipinski definition) is 1. The van der Waals surface area contributed by atoms with E-state index in [2.05, 4.69) is 32.0 Å². The molecule has 1 amide bonds. The van der Waals surface area contributed by atoms with Crippen molar-refractivity contribution in [1.29, 1.82) is 0 Å². The third-order valence-corrected chi connectivity index (χ3v) is 6.42. The lowest BCUT2D eigenvalue weighted by Crippen LogP contribution is -2.38. The van der Waals surface area contributed by atoms with Crippen LogP contribution < -0.4 is 0 Å². The Morgan fingerprint density at radius 1 is 1.17 bits per heavy atom. The summed E-state index contributed by atoms with van der Waals surface area (Å²) in [6.07, 6.45) is 0.953. The van der Waals surface area contributed by atoms with Crippen LogP contribution >= 0.6 is 11.6 Å². The number of nitrogens with zero attached hydrogens (tertiary/aromatic N) is 1. The quantitative estimate of drug-likeness (QED) is 0.779. The summed E-state index contributed by atoms with van der Waals surface area (Å²) >= 11 is 6.43. The standard InChI is InChI=1S/C21H22ClNO/c1-14-11-17-16(9-6-10-18(17)22)19-20(24)23(13-21(14,19)2)12-15-7-4-3-5-8-15/h3-10,14,19H,11-13H2,1-2H3/t14-,19?,21+/m0/s1. The molecular weight excluding hydrogens is 318 g/mol. The molecule has 2 aliphatic rings. The van der Waals surface area contributed by atoms with E-state index in [-0.39, 0.29) is 17.2 Å². The van der Waals surface area contributed by atoms with Crippen LogP contribution in [0.3, 0.4) is 0 Å². The highest BCUT2D eigenvalue weighted by Crippen LogP contribution is 2.54. The molecule has 24 heavy (non-hydrogen) atoms. The van der Waals surface area contributed by atoms with Gasteiger partial charge in [0.15, 0.2) is 0 Å². The number of halogens is 1. The molecule has 124 valence electrons. The average Bonchev–Trinajstić information content (AvgIpc) is 2.82. The zero-order chi connectivity index (χ0) is 16.9. The van der Waals surface area contributed by atoms with Gasteiger partial charge in [0.05, 0.1) is 5.92 Å². The van der Waals surface area contributed by atoms with Crippen LogP contribution in [0.25, 0.3) is 0 Å². The van der Waals surface area contributed by atoms with Crippen LogP contribution in [-0.2, 0) is 17.8 Å². The van der Waals surface area contributed by atoms with Gasteiger partial charge in [0, 0.05) is 23.5 Å². The number of carbonyl (C=O) groups excluding carboxylic acids is 1. The molecule has 4 rings (SSSR count). The number of hydrogen-bond donors (Lipinski definition) is 0. The number of fused-ring (bicyclic) bond motifs is 3. The van der Waals surface area contributed by atoms with Crippen LogP contribution in [0, 0.1) is 11.3 Å². The second kappa shape index (κ2) is 5.63. The van der Waals surface area contributed by atoms with Crippen molar-refractivity contribution in [2.45, 2.75) is 32.7 Å². The summed E-state index contributed by atoms with van der Waals surface area (Å²) in [7, 11) is 0. The summed E-state index contributed by atoms with van der Waals surface area (Å²) in [5.74, 6) is 0.606. The molecule has 2 aromatic rings. The first-order chi connectivity index (χ1) is 11.5. The molecule has 1 aliphatic carbocycles. The van der Waals surface area contributed by atoms with E-state index in [1.54, 1.807) is 0 Å². The third kappa shape index (κ3) is 2.28. The van der Waals surface area contributed by atoms with Gasteiger partial charge in [-0.25, -0.2) is 0 Å². The molecule has 1 heterocycles. The zero-order valence-electron chi connectivity index (χ0n) is 14.1. The zero-order valence-corrected chi connectivity index (χ0v) is 14.9. The molecule has 1 saturated heterocycles. The maximum Gasteiger partial charge on any atom is 0.231 e. The highest BCUT2D eigenvalue weighted by molar-refractivity contribution is 6.31. The van der Waals surface area contributed by atoms with E-state index in [9.17, 15) is 4.79 Å². The second-order valence-electron chi connectivity index (χ2n) is 7.53. The molecule has 0 spiro atoms. The van der Waals surface area contributed by atoms with Gasteiger partial charge in [0.2, 0.25) is 5.91 Å². The molecule has 3 heteroatoms. The van der Waals surface area contributed by atoms with Crippen molar-refractivity contribution in [3.05, 3.63) is 70.2 Å². The number of rotatable bonds is 2. The number of amides is 1. The molecule has 2 aromatic carbocycles. The van der Waals surface area contributed by atoms with Crippen LogP contribution in [0.15, 0.2) is 48.5 Å². The van der Waals surface area contributed by atoms with Crippen LogP contribution in [-0.4, -0.2) is 17.4 Å². The van der Waals surface area contributed by atoms with Gasteiger partial charge in [-0.1, -0.05) is 67.9 Å². The van der Waals surface area contributed by atoms with Crippen molar-refractivity contribution in [2.24, 2.45) is 11.3 Å². The summed E-state index contributed by atoms with van der Waals surface area (Å²) in [6.45, 7) is 6.04. The van der Waals surface area contributed by atoms with Gasteiger partial charge in [-0.15, -0.1) is 0 Å². The molecule has 3 atom stereocenters. The summed E-state index contributed by atoms with van der Waals surface area (Å²) in [5, 5.41) is 0.802. The van der Waals surface area contributed by atoms with Gasteiger partial charge in [0.1, 0.15) is 0 Å². The first-order valence-corrected chi connectivity index (χ1v) is 8.98. The monoisotopic (exact) mass is 339 g/mol. The first-order valence-electron chi connectivity index (χ1n) is 8.60. The summed E-state index contributed by atoms with van der Waals surface area (Å²) in [4.78, 5) is 15.3. The van der Waals surface area contributed by atoms with Crippen molar-refractivity contribution in [3.63, 3.8) is 0 Å². The molecule has 2 nitrogen and oxygen atoms in total. The normalized spacial score (nSPS) is 28.6. The van der Waals surface area contributed by atoms with Crippen molar-refractivity contribution < 1.29 is 4.79 Å². The minimum Gasteiger partial charge on any atom is -0.337 e. The molecule has 1 fully saturated rings. The largest absolute Gasteiger partial charge is 0.337 e. The molecule has 0 bridgehead atoms. The Bertz CT molecular complexity index is 788. The van der Waals surface area contributed by atoms with Crippen molar-refractivity contribution in [3.8, 4) is 0 Å². The summed E-state index contributed by atoms with van der Waals surface area (Å²) < 4.78 is 0. The van der Waals surface area contributed by atoms with Gasteiger partial charge in [-0.05, 0) is 35.1 Å². The molecule has 0 saturated carbocycles. The molecule has 0 aromatic heterocycles. The van der Waals surface area contributed by atoms with Crippen LogP contribution in [0.2, 0.25) is 5.02 Å². The second-order valence-corrected chi connectivity index (χ2v) is 7.94. The average molecular weight is 340 g/mol. The Kier molecular flexibility index (Phi) is 3.69. The van der Waals surface area contributed by atoms with E-state index in [0.29, 0.717) is 12.5 Å². The lowest BCUT2D eigenvalue weighted by atomic mass is 9.61. The highest BCUT2D eigenvalue weighted by Gasteiger charge is 2.55. The number of likely N-dealkylation sites (tertiary alicyclic amines) is 1. The van der Waals surface area contributed by atoms with Gasteiger partial charge in [0.25, 0.3) is 0 Å². The predicted molar refractivity (Wildman–Crippen MR) is 97.0 cm³/mol. The fraction of sp³-hybridized carbons (Fsp3) is 0.381. The van der Waals surface area contributed by atoms with Crippen molar-refractivity contribution in [1.82, 2.24) is 4.90 Å². The van der Waals surface area contributed by atoms with Crippen LogP contribution in [0.1, 0.15) is 36.5 Å². The smallest absolute Gasteiger partial charge is 0.231 e. The highest BCUT2D eigenvalue weighted by atomic mass is 35.5. The summed E-state index contributed by atoms with van der Waals surface area (Å²) in [5.41, 5.74) is 3.48. The van der Waals surface area contributed by atoms with E-state index in [1.807, 2.05) is 35.2 Å². The Morgan fingerprint density at radius 3 is 2.67 bits per heavy atom. The van der Waals surface area contributed by atoms with Gasteiger partial charge < -0.3 is 4.90 Å². The first kappa shape index (κ1) is 15.7. The van der Waals surface area contributed by atoms with Gasteiger partial charge in [-0.3, -0.25) is 4.79 Å².